The molecule has 6 nitrogen and oxygen atoms in total. The van der Waals surface area contributed by atoms with Gasteiger partial charge in [0.1, 0.15) is 9.97 Å². The Balaban J connectivity index is 1.66. The third-order valence-corrected chi connectivity index (χ3v) is 7.41. The van der Waals surface area contributed by atoms with Gasteiger partial charge in [-0.2, -0.15) is 4.31 Å². The number of thiophene rings is 1. The summed E-state index contributed by atoms with van der Waals surface area (Å²) >= 11 is 1.20. The predicted molar refractivity (Wildman–Crippen MR) is 91.1 cm³/mol. The number of amides is 1. The van der Waals surface area contributed by atoms with Crippen LogP contribution < -0.4 is 5.32 Å². The molecular formula is C16H20N2O4S2. The molecule has 0 aliphatic carbocycles. The number of nitrogens with one attached hydrogen (secondary N) is 1. The number of piperidine rings is 1. The van der Waals surface area contributed by atoms with Gasteiger partial charge in [0.15, 0.2) is 0 Å². The van der Waals surface area contributed by atoms with Crippen molar-refractivity contribution in [3.63, 3.8) is 0 Å². The number of nitrogens with zero attached hydrogens (tertiary/aromatic N) is 1. The van der Waals surface area contributed by atoms with Crippen LogP contribution in [0.5, 0.6) is 0 Å². The van der Waals surface area contributed by atoms with Crippen LogP contribution in [0.3, 0.4) is 0 Å². The Kier molecular flexibility index (Phi) is 5.07. The minimum atomic E-state index is -3.50. The van der Waals surface area contributed by atoms with Crippen molar-refractivity contribution in [3.8, 4) is 0 Å². The fourth-order valence-corrected chi connectivity index (χ4v) is 5.52. The molecule has 3 heterocycles. The molecule has 1 aliphatic rings. The van der Waals surface area contributed by atoms with E-state index >= 15 is 0 Å². The highest BCUT2D eigenvalue weighted by atomic mass is 32.2. The molecule has 2 aromatic heterocycles. The quantitative estimate of drug-likeness (QED) is 0.880. The van der Waals surface area contributed by atoms with E-state index in [0.717, 1.165) is 0 Å². The number of carbonyl (C=O) groups excluding carboxylic acids is 1. The summed E-state index contributed by atoms with van der Waals surface area (Å²) in [6.45, 7) is 2.52. The average molecular weight is 368 g/mol. The van der Waals surface area contributed by atoms with Crippen LogP contribution in [0.4, 0.5) is 0 Å². The topological polar surface area (TPSA) is 79.6 Å². The van der Waals surface area contributed by atoms with Crippen molar-refractivity contribution < 1.29 is 17.6 Å². The lowest BCUT2D eigenvalue weighted by atomic mass is 9.98. The maximum absolute atomic E-state index is 12.6. The van der Waals surface area contributed by atoms with Crippen molar-refractivity contribution in [3.05, 3.63) is 41.7 Å². The van der Waals surface area contributed by atoms with E-state index in [-0.39, 0.29) is 24.4 Å². The second-order valence-corrected chi connectivity index (χ2v) is 8.99. The van der Waals surface area contributed by atoms with Gasteiger partial charge in [0.25, 0.3) is 10.0 Å². The average Bonchev–Trinajstić information content (AvgIpc) is 3.28. The molecule has 130 valence electrons. The first-order valence-electron chi connectivity index (χ1n) is 7.86. The Morgan fingerprint density at radius 2 is 2.25 bits per heavy atom. The lowest BCUT2D eigenvalue weighted by Gasteiger charge is -2.31. The second-order valence-electron chi connectivity index (χ2n) is 5.88. The molecule has 3 rings (SSSR count). The highest BCUT2D eigenvalue weighted by Crippen LogP contribution is 2.27. The van der Waals surface area contributed by atoms with Crippen molar-refractivity contribution in [2.75, 3.05) is 13.1 Å². The molecule has 8 heteroatoms. The number of carbonyl (C=O) groups is 1. The zero-order chi connectivity index (χ0) is 17.2. The summed E-state index contributed by atoms with van der Waals surface area (Å²) in [5, 5.41) is 4.65. The van der Waals surface area contributed by atoms with Gasteiger partial charge in [0.05, 0.1) is 18.2 Å². The van der Waals surface area contributed by atoms with E-state index in [4.69, 9.17) is 4.42 Å². The summed E-state index contributed by atoms with van der Waals surface area (Å²) < 4.78 is 32.3. The van der Waals surface area contributed by atoms with Crippen LogP contribution in [0.1, 0.15) is 31.6 Å². The molecule has 2 aromatic rings. The Bertz CT molecular complexity index is 769. The number of sulfonamides is 1. The van der Waals surface area contributed by atoms with Crippen LogP contribution in [0, 0.1) is 5.92 Å². The summed E-state index contributed by atoms with van der Waals surface area (Å²) in [5.41, 5.74) is 0. The Morgan fingerprint density at radius 3 is 2.92 bits per heavy atom. The molecule has 1 saturated heterocycles. The normalized spacial score (nSPS) is 20.6. The van der Waals surface area contributed by atoms with E-state index in [0.29, 0.717) is 29.4 Å². The fraction of sp³-hybridized carbons (Fsp3) is 0.438. The lowest BCUT2D eigenvalue weighted by Crippen LogP contribution is -2.45. The third kappa shape index (κ3) is 3.55. The molecule has 1 amide bonds. The van der Waals surface area contributed by atoms with Crippen LogP contribution in [0.2, 0.25) is 0 Å². The zero-order valence-corrected chi connectivity index (χ0v) is 15.0. The van der Waals surface area contributed by atoms with E-state index in [2.05, 4.69) is 5.32 Å². The summed E-state index contributed by atoms with van der Waals surface area (Å²) in [7, 11) is -3.50. The SMILES string of the molecule is CC(NC(=O)C1CCCN(S(=O)(=O)c2cccs2)C1)c1ccco1. The predicted octanol–water partition coefficient (Wildman–Crippen LogP) is 2.62. The first-order chi connectivity index (χ1) is 11.5. The Labute approximate surface area is 145 Å². The van der Waals surface area contributed by atoms with E-state index in [1.807, 2.05) is 6.92 Å². The second kappa shape index (κ2) is 7.08. The van der Waals surface area contributed by atoms with Crippen LogP contribution in [0.15, 0.2) is 44.5 Å². The van der Waals surface area contributed by atoms with Crippen LogP contribution >= 0.6 is 11.3 Å². The maximum Gasteiger partial charge on any atom is 0.252 e. The molecule has 24 heavy (non-hydrogen) atoms. The number of furan rings is 1. The fourth-order valence-electron chi connectivity index (χ4n) is 2.85. The molecule has 0 saturated carbocycles. The van der Waals surface area contributed by atoms with Crippen molar-refractivity contribution >= 4 is 27.3 Å². The smallest absolute Gasteiger partial charge is 0.252 e. The minimum Gasteiger partial charge on any atom is -0.467 e. The number of hydrogen-bond donors (Lipinski definition) is 1. The standard InChI is InChI=1S/C16H20N2O4S2/c1-12(14-6-3-9-22-14)17-16(19)13-5-2-8-18(11-13)24(20,21)15-7-4-10-23-15/h3-4,6-7,9-10,12-13H,2,5,8,11H2,1H3,(H,17,19). The molecular weight excluding hydrogens is 348 g/mol. The Morgan fingerprint density at radius 1 is 1.42 bits per heavy atom. The van der Waals surface area contributed by atoms with E-state index < -0.39 is 10.0 Å². The Hall–Kier alpha value is -1.64. The molecule has 1 fully saturated rings. The van der Waals surface area contributed by atoms with Crippen molar-refractivity contribution in [2.45, 2.75) is 30.0 Å². The number of rotatable bonds is 5. The van der Waals surface area contributed by atoms with Gasteiger partial charge in [-0.25, -0.2) is 8.42 Å². The maximum atomic E-state index is 12.6. The van der Waals surface area contributed by atoms with Crippen molar-refractivity contribution in [2.24, 2.45) is 5.92 Å². The van der Waals surface area contributed by atoms with Gasteiger partial charge in [-0.15, -0.1) is 11.3 Å². The van der Waals surface area contributed by atoms with Gasteiger partial charge in [0.2, 0.25) is 5.91 Å². The number of hydrogen-bond acceptors (Lipinski definition) is 5. The van der Waals surface area contributed by atoms with Gasteiger partial charge in [-0.05, 0) is 43.3 Å². The lowest BCUT2D eigenvalue weighted by molar-refractivity contribution is -0.126. The summed E-state index contributed by atoms with van der Waals surface area (Å²) in [6.07, 6.45) is 2.93. The molecule has 0 spiro atoms. The molecule has 0 radical (unpaired) electrons. The van der Waals surface area contributed by atoms with Gasteiger partial charge < -0.3 is 9.73 Å². The highest BCUT2D eigenvalue weighted by molar-refractivity contribution is 7.91. The van der Waals surface area contributed by atoms with Gasteiger partial charge >= 0.3 is 0 Å². The first kappa shape index (κ1) is 17.2. The first-order valence-corrected chi connectivity index (χ1v) is 10.2. The molecule has 0 aromatic carbocycles. The molecule has 1 aliphatic heterocycles. The van der Waals surface area contributed by atoms with E-state index in [9.17, 15) is 13.2 Å². The largest absolute Gasteiger partial charge is 0.467 e. The van der Waals surface area contributed by atoms with E-state index in [1.54, 1.807) is 35.9 Å². The van der Waals surface area contributed by atoms with Gasteiger partial charge in [-0.1, -0.05) is 6.07 Å². The van der Waals surface area contributed by atoms with Crippen LogP contribution in [-0.4, -0.2) is 31.7 Å². The van der Waals surface area contributed by atoms with Crippen molar-refractivity contribution in [1.82, 2.24) is 9.62 Å². The highest BCUT2D eigenvalue weighted by Gasteiger charge is 2.34. The zero-order valence-electron chi connectivity index (χ0n) is 13.3. The summed E-state index contributed by atoms with van der Waals surface area (Å²) in [4.78, 5) is 12.5. The molecule has 2 unspecified atom stereocenters. The van der Waals surface area contributed by atoms with Gasteiger partial charge in [0, 0.05) is 13.1 Å². The molecule has 0 bridgehead atoms. The summed E-state index contributed by atoms with van der Waals surface area (Å²) in [6, 6.07) is 6.66. The van der Waals surface area contributed by atoms with Crippen molar-refractivity contribution in [1.29, 1.82) is 0 Å². The van der Waals surface area contributed by atoms with Gasteiger partial charge in [-0.3, -0.25) is 4.79 Å². The van der Waals surface area contributed by atoms with Crippen LogP contribution in [0.25, 0.3) is 0 Å². The third-order valence-electron chi connectivity index (χ3n) is 4.17. The molecule has 1 N–H and O–H groups in total. The molecule has 2 atom stereocenters. The monoisotopic (exact) mass is 368 g/mol. The summed E-state index contributed by atoms with van der Waals surface area (Å²) in [5.74, 6) is 0.207. The van der Waals surface area contributed by atoms with Crippen LogP contribution in [-0.2, 0) is 14.8 Å². The van der Waals surface area contributed by atoms with E-state index in [1.165, 1.54) is 15.6 Å². The minimum absolute atomic E-state index is 0.134.